The SMILES string of the molecule is CCN(CC(=O)NCCN(C)C)C1CCS(=O)(=O)C1. The smallest absolute Gasteiger partial charge is 0.234 e. The summed E-state index contributed by atoms with van der Waals surface area (Å²) in [6.07, 6.45) is 0.640. The first-order valence-electron chi connectivity index (χ1n) is 6.70. The Morgan fingerprint density at radius 2 is 2.05 bits per heavy atom. The summed E-state index contributed by atoms with van der Waals surface area (Å²) in [5, 5.41) is 2.85. The Morgan fingerprint density at radius 1 is 1.37 bits per heavy atom. The molecule has 1 rings (SSSR count). The van der Waals surface area contributed by atoms with Crippen LogP contribution in [0.1, 0.15) is 13.3 Å². The maximum Gasteiger partial charge on any atom is 0.234 e. The zero-order chi connectivity index (χ0) is 14.5. The van der Waals surface area contributed by atoms with Crippen LogP contribution in [-0.2, 0) is 14.6 Å². The molecule has 1 unspecified atom stereocenters. The highest BCUT2D eigenvalue weighted by Gasteiger charge is 2.32. The molecule has 1 heterocycles. The van der Waals surface area contributed by atoms with Crippen molar-refractivity contribution in [2.75, 3.05) is 51.8 Å². The Balaban J connectivity index is 2.38. The molecule has 1 aliphatic rings. The number of carbonyl (C=O) groups is 1. The first kappa shape index (κ1) is 16.4. The van der Waals surface area contributed by atoms with Crippen molar-refractivity contribution in [3.63, 3.8) is 0 Å². The first-order valence-corrected chi connectivity index (χ1v) is 8.52. The highest BCUT2D eigenvalue weighted by atomic mass is 32.2. The van der Waals surface area contributed by atoms with E-state index < -0.39 is 9.84 Å². The maximum absolute atomic E-state index is 11.8. The molecular weight excluding hydrogens is 266 g/mol. The van der Waals surface area contributed by atoms with Gasteiger partial charge in [-0.2, -0.15) is 0 Å². The van der Waals surface area contributed by atoms with Gasteiger partial charge < -0.3 is 10.2 Å². The average Bonchev–Trinajstić information content (AvgIpc) is 2.66. The third-order valence-electron chi connectivity index (χ3n) is 3.36. The fraction of sp³-hybridized carbons (Fsp3) is 0.917. The fourth-order valence-electron chi connectivity index (χ4n) is 2.22. The second kappa shape index (κ2) is 7.21. The molecule has 7 heteroatoms. The van der Waals surface area contributed by atoms with Crippen LogP contribution < -0.4 is 5.32 Å². The topological polar surface area (TPSA) is 69.7 Å². The number of hydrogen-bond donors (Lipinski definition) is 1. The standard InChI is InChI=1S/C12H25N3O3S/c1-4-15(11-5-8-19(17,18)10-11)9-12(16)13-6-7-14(2)3/h11H,4-10H2,1-3H3,(H,13,16). The molecule has 1 amide bonds. The van der Waals surface area contributed by atoms with E-state index in [1.165, 1.54) is 0 Å². The van der Waals surface area contributed by atoms with E-state index in [1.807, 2.05) is 30.8 Å². The molecule has 1 atom stereocenters. The monoisotopic (exact) mass is 291 g/mol. The molecule has 1 fully saturated rings. The first-order chi connectivity index (χ1) is 8.84. The second-order valence-electron chi connectivity index (χ2n) is 5.27. The van der Waals surface area contributed by atoms with Gasteiger partial charge in [0.25, 0.3) is 0 Å². The van der Waals surface area contributed by atoms with Crippen molar-refractivity contribution in [1.29, 1.82) is 0 Å². The Morgan fingerprint density at radius 3 is 2.53 bits per heavy atom. The zero-order valence-corrected chi connectivity index (χ0v) is 12.9. The zero-order valence-electron chi connectivity index (χ0n) is 12.1. The van der Waals surface area contributed by atoms with Crippen molar-refractivity contribution < 1.29 is 13.2 Å². The van der Waals surface area contributed by atoms with Gasteiger partial charge in [0.15, 0.2) is 9.84 Å². The number of nitrogens with zero attached hydrogens (tertiary/aromatic N) is 2. The number of hydrogen-bond acceptors (Lipinski definition) is 5. The molecular formula is C12H25N3O3S. The number of amides is 1. The van der Waals surface area contributed by atoms with Crippen molar-refractivity contribution in [1.82, 2.24) is 15.1 Å². The third kappa shape index (κ3) is 5.88. The van der Waals surface area contributed by atoms with Crippen molar-refractivity contribution >= 4 is 15.7 Å². The van der Waals surface area contributed by atoms with Gasteiger partial charge in [-0.3, -0.25) is 9.69 Å². The summed E-state index contributed by atoms with van der Waals surface area (Å²) in [5.74, 6) is 0.399. The lowest BCUT2D eigenvalue weighted by atomic mass is 10.2. The van der Waals surface area contributed by atoms with E-state index in [4.69, 9.17) is 0 Å². The molecule has 112 valence electrons. The van der Waals surface area contributed by atoms with Gasteiger partial charge in [-0.05, 0) is 27.1 Å². The number of carbonyl (C=O) groups excluding carboxylic acids is 1. The minimum absolute atomic E-state index is 0.00500. The van der Waals surface area contributed by atoms with E-state index in [2.05, 4.69) is 5.32 Å². The minimum atomic E-state index is -2.89. The van der Waals surface area contributed by atoms with Crippen molar-refractivity contribution in [3.8, 4) is 0 Å². The highest BCUT2D eigenvalue weighted by molar-refractivity contribution is 7.91. The molecule has 0 spiro atoms. The highest BCUT2D eigenvalue weighted by Crippen LogP contribution is 2.17. The number of likely N-dealkylation sites (N-methyl/N-ethyl adjacent to an activating group) is 2. The molecule has 0 radical (unpaired) electrons. The van der Waals surface area contributed by atoms with E-state index in [1.54, 1.807) is 0 Å². The molecule has 1 aliphatic heterocycles. The van der Waals surface area contributed by atoms with Crippen LogP contribution in [0.3, 0.4) is 0 Å². The lowest BCUT2D eigenvalue weighted by Gasteiger charge is -2.25. The summed E-state index contributed by atoms with van der Waals surface area (Å²) in [5.41, 5.74) is 0. The molecule has 0 aromatic carbocycles. The fourth-order valence-corrected chi connectivity index (χ4v) is 3.98. The second-order valence-corrected chi connectivity index (χ2v) is 7.50. The van der Waals surface area contributed by atoms with E-state index >= 15 is 0 Å². The van der Waals surface area contributed by atoms with E-state index in [0.717, 1.165) is 6.54 Å². The molecule has 6 nitrogen and oxygen atoms in total. The predicted molar refractivity (Wildman–Crippen MR) is 75.9 cm³/mol. The molecule has 0 bridgehead atoms. The summed E-state index contributed by atoms with van der Waals surface area (Å²) in [4.78, 5) is 15.7. The average molecular weight is 291 g/mol. The van der Waals surface area contributed by atoms with Crippen LogP contribution in [0, 0.1) is 0 Å². The Bertz CT molecular complexity index is 395. The summed E-state index contributed by atoms with van der Waals surface area (Å²) in [7, 11) is 1.01. The predicted octanol–water partition coefficient (Wildman–Crippen LogP) is -0.827. The van der Waals surface area contributed by atoms with E-state index in [0.29, 0.717) is 19.5 Å². The molecule has 0 saturated carbocycles. The van der Waals surface area contributed by atoms with Crippen LogP contribution in [0.5, 0.6) is 0 Å². The van der Waals surface area contributed by atoms with Crippen LogP contribution in [0.15, 0.2) is 0 Å². The van der Waals surface area contributed by atoms with Gasteiger partial charge in [-0.25, -0.2) is 8.42 Å². The van der Waals surface area contributed by atoms with Gasteiger partial charge in [0.2, 0.25) is 5.91 Å². The maximum atomic E-state index is 11.8. The van der Waals surface area contributed by atoms with Crippen LogP contribution in [0.25, 0.3) is 0 Å². The lowest BCUT2D eigenvalue weighted by molar-refractivity contribution is -0.122. The van der Waals surface area contributed by atoms with Gasteiger partial charge in [0.1, 0.15) is 0 Å². The van der Waals surface area contributed by atoms with Gasteiger partial charge >= 0.3 is 0 Å². The largest absolute Gasteiger partial charge is 0.354 e. The van der Waals surface area contributed by atoms with Crippen molar-refractivity contribution in [3.05, 3.63) is 0 Å². The lowest BCUT2D eigenvalue weighted by Crippen LogP contribution is -2.44. The molecule has 1 saturated heterocycles. The summed E-state index contributed by atoms with van der Waals surface area (Å²) in [6.45, 7) is 4.35. The molecule has 0 aromatic rings. The number of nitrogens with one attached hydrogen (secondary N) is 1. The molecule has 19 heavy (non-hydrogen) atoms. The van der Waals surface area contributed by atoms with Gasteiger partial charge in [0, 0.05) is 19.1 Å². The molecule has 1 N–H and O–H groups in total. The van der Waals surface area contributed by atoms with Gasteiger partial charge in [0.05, 0.1) is 18.1 Å². The summed E-state index contributed by atoms with van der Waals surface area (Å²) < 4.78 is 22.9. The summed E-state index contributed by atoms with van der Waals surface area (Å²) in [6, 6.07) is -0.00500. The Hall–Kier alpha value is -0.660. The van der Waals surface area contributed by atoms with Crippen LogP contribution >= 0.6 is 0 Å². The van der Waals surface area contributed by atoms with Crippen molar-refractivity contribution in [2.24, 2.45) is 0 Å². The van der Waals surface area contributed by atoms with E-state index in [9.17, 15) is 13.2 Å². The summed E-state index contributed by atoms with van der Waals surface area (Å²) >= 11 is 0. The van der Waals surface area contributed by atoms with Crippen molar-refractivity contribution in [2.45, 2.75) is 19.4 Å². The molecule has 0 aliphatic carbocycles. The van der Waals surface area contributed by atoms with Crippen LogP contribution in [0.2, 0.25) is 0 Å². The Labute approximate surface area is 116 Å². The third-order valence-corrected chi connectivity index (χ3v) is 5.11. The van der Waals surface area contributed by atoms with Gasteiger partial charge in [-0.1, -0.05) is 6.92 Å². The van der Waals surface area contributed by atoms with Crippen LogP contribution in [-0.4, -0.2) is 81.9 Å². The molecule has 0 aromatic heterocycles. The minimum Gasteiger partial charge on any atom is -0.354 e. The normalized spacial score (nSPS) is 22.1. The van der Waals surface area contributed by atoms with E-state index in [-0.39, 0.29) is 30.0 Å². The number of sulfone groups is 1. The van der Waals surface area contributed by atoms with Gasteiger partial charge in [-0.15, -0.1) is 0 Å². The van der Waals surface area contributed by atoms with Crippen LogP contribution in [0.4, 0.5) is 0 Å². The number of rotatable bonds is 7. The Kier molecular flexibility index (Phi) is 6.22. The quantitative estimate of drug-likeness (QED) is 0.663.